The molecule has 2 aromatic carbocycles. The summed E-state index contributed by atoms with van der Waals surface area (Å²) >= 11 is 0. The highest BCUT2D eigenvalue weighted by atomic mass is 19.1. The van der Waals surface area contributed by atoms with Crippen molar-refractivity contribution in [2.75, 3.05) is 45.9 Å². The number of aromatic nitrogens is 2. The summed E-state index contributed by atoms with van der Waals surface area (Å²) in [6, 6.07) is 12.5. The van der Waals surface area contributed by atoms with Crippen molar-refractivity contribution in [1.29, 1.82) is 0 Å². The van der Waals surface area contributed by atoms with E-state index in [0.717, 1.165) is 55.2 Å². The van der Waals surface area contributed by atoms with Crippen molar-refractivity contribution < 1.29 is 23.4 Å². The van der Waals surface area contributed by atoms with E-state index in [-0.39, 0.29) is 24.0 Å². The fourth-order valence-corrected chi connectivity index (χ4v) is 4.98. The topological polar surface area (TPSA) is 70.8 Å². The van der Waals surface area contributed by atoms with Crippen LogP contribution in [0, 0.1) is 24.5 Å². The molecule has 0 radical (unpaired) electrons. The number of carbonyl (C=O) groups excluding carboxylic acids is 1. The number of ether oxygens (including phenoxy) is 1. The molecule has 0 unspecified atom stereocenters. The SMILES string of the molecule is Cc1ccc(F)cc1-n1nc(CCC(=O)CN2CCN(C[C@H](O)COc3ccc(F)cc3)CC2)cc1CC(C)C. The zero-order chi connectivity index (χ0) is 28.6. The van der Waals surface area contributed by atoms with Crippen LogP contribution in [0.3, 0.4) is 0 Å². The Kier molecular flexibility index (Phi) is 10.4. The summed E-state index contributed by atoms with van der Waals surface area (Å²) < 4.78 is 34.4. The normalized spacial score (nSPS) is 15.5. The standard InChI is InChI=1S/C31H40F2N4O3/c1-22(2)16-27-18-26(34-37(27)31-17-25(33)5-4-23(31)3)8-9-28(38)19-35-12-14-36(15-13-35)20-29(39)21-40-30-10-6-24(32)7-11-30/h4-7,10-11,17-18,22,29,39H,8-9,12-16,19-21H2,1-3H3/t29-/m0/s1. The molecule has 3 aromatic rings. The van der Waals surface area contributed by atoms with Crippen molar-refractivity contribution >= 4 is 5.78 Å². The highest BCUT2D eigenvalue weighted by molar-refractivity contribution is 5.80. The molecule has 0 aliphatic carbocycles. The summed E-state index contributed by atoms with van der Waals surface area (Å²) in [5.74, 6) is 0.489. The number of β-amino-alcohol motifs (C(OH)–C–C–N with tert-alkyl or cyclic N) is 1. The molecule has 40 heavy (non-hydrogen) atoms. The summed E-state index contributed by atoms with van der Waals surface area (Å²) in [7, 11) is 0. The van der Waals surface area contributed by atoms with Crippen LogP contribution in [-0.4, -0.2) is 82.4 Å². The molecule has 0 spiro atoms. The van der Waals surface area contributed by atoms with Crippen LogP contribution in [0.1, 0.15) is 37.2 Å². The van der Waals surface area contributed by atoms with E-state index in [4.69, 9.17) is 9.84 Å². The van der Waals surface area contributed by atoms with E-state index in [1.54, 1.807) is 18.2 Å². The van der Waals surface area contributed by atoms with Crippen LogP contribution < -0.4 is 4.74 Å². The second-order valence-electron chi connectivity index (χ2n) is 11.1. The van der Waals surface area contributed by atoms with Gasteiger partial charge in [0.05, 0.1) is 17.9 Å². The second-order valence-corrected chi connectivity index (χ2v) is 11.1. The van der Waals surface area contributed by atoms with Gasteiger partial charge in [-0.15, -0.1) is 0 Å². The van der Waals surface area contributed by atoms with Crippen LogP contribution >= 0.6 is 0 Å². The number of benzene rings is 2. The number of hydrogen-bond acceptors (Lipinski definition) is 6. The molecule has 0 bridgehead atoms. The number of carbonyl (C=O) groups is 1. The molecule has 1 aromatic heterocycles. The maximum Gasteiger partial charge on any atom is 0.147 e. The van der Waals surface area contributed by atoms with E-state index in [0.29, 0.717) is 37.6 Å². The fourth-order valence-electron chi connectivity index (χ4n) is 4.98. The summed E-state index contributed by atoms with van der Waals surface area (Å²) in [5.41, 5.74) is 3.55. The van der Waals surface area contributed by atoms with Gasteiger partial charge in [0.1, 0.15) is 35.9 Å². The van der Waals surface area contributed by atoms with Crippen molar-refractivity contribution in [3.63, 3.8) is 0 Å². The highest BCUT2D eigenvalue weighted by Gasteiger charge is 2.21. The molecular formula is C31H40F2N4O3. The van der Waals surface area contributed by atoms with Crippen LogP contribution in [0.5, 0.6) is 5.75 Å². The monoisotopic (exact) mass is 554 g/mol. The van der Waals surface area contributed by atoms with Crippen LogP contribution in [0.15, 0.2) is 48.5 Å². The summed E-state index contributed by atoms with van der Waals surface area (Å²) in [4.78, 5) is 17.1. The van der Waals surface area contributed by atoms with Gasteiger partial charge >= 0.3 is 0 Å². The Bertz CT molecular complexity index is 1250. The van der Waals surface area contributed by atoms with E-state index in [9.17, 15) is 18.7 Å². The van der Waals surface area contributed by atoms with Gasteiger partial charge in [-0.05, 0) is 73.7 Å². The molecule has 0 amide bonds. The molecule has 2 heterocycles. The van der Waals surface area contributed by atoms with Crippen LogP contribution in [0.4, 0.5) is 8.78 Å². The zero-order valence-corrected chi connectivity index (χ0v) is 23.7. The van der Waals surface area contributed by atoms with Crippen LogP contribution in [0.2, 0.25) is 0 Å². The Balaban J connectivity index is 1.22. The number of ketones is 1. The first kappa shape index (κ1) is 29.8. The van der Waals surface area contributed by atoms with E-state index in [2.05, 4.69) is 23.6 Å². The molecule has 1 atom stereocenters. The van der Waals surface area contributed by atoms with E-state index < -0.39 is 6.10 Å². The second kappa shape index (κ2) is 14.0. The predicted molar refractivity (Wildman–Crippen MR) is 151 cm³/mol. The highest BCUT2D eigenvalue weighted by Crippen LogP contribution is 2.21. The molecule has 1 saturated heterocycles. The largest absolute Gasteiger partial charge is 0.491 e. The third-order valence-electron chi connectivity index (χ3n) is 7.10. The Morgan fingerprint density at radius 3 is 2.38 bits per heavy atom. The number of nitrogens with zero attached hydrogens (tertiary/aromatic N) is 4. The van der Waals surface area contributed by atoms with Crippen molar-refractivity contribution in [1.82, 2.24) is 19.6 Å². The minimum atomic E-state index is -0.658. The summed E-state index contributed by atoms with van der Waals surface area (Å²) in [6.07, 6.45) is 1.11. The zero-order valence-electron chi connectivity index (χ0n) is 23.7. The molecule has 1 aliphatic rings. The maximum absolute atomic E-state index is 14.0. The number of rotatable bonds is 13. The van der Waals surface area contributed by atoms with E-state index in [1.165, 1.54) is 24.3 Å². The summed E-state index contributed by atoms with van der Waals surface area (Å²) in [6.45, 7) is 10.3. The lowest BCUT2D eigenvalue weighted by atomic mass is 10.1. The first-order valence-electron chi connectivity index (χ1n) is 14.0. The van der Waals surface area contributed by atoms with Crippen molar-refractivity contribution in [3.8, 4) is 11.4 Å². The molecule has 216 valence electrons. The third-order valence-corrected chi connectivity index (χ3v) is 7.10. The van der Waals surface area contributed by atoms with Gasteiger partial charge in [0, 0.05) is 44.8 Å². The Labute approximate surface area is 235 Å². The van der Waals surface area contributed by atoms with Gasteiger partial charge in [0.2, 0.25) is 0 Å². The fraction of sp³-hybridized carbons (Fsp3) is 0.484. The average molecular weight is 555 g/mol. The number of aryl methyl sites for hydroxylation is 2. The van der Waals surface area contributed by atoms with Crippen molar-refractivity contribution in [3.05, 3.63) is 77.1 Å². The van der Waals surface area contributed by atoms with E-state index in [1.807, 2.05) is 17.7 Å². The van der Waals surface area contributed by atoms with Crippen LogP contribution in [0.25, 0.3) is 5.69 Å². The number of hydrogen-bond donors (Lipinski definition) is 1. The average Bonchev–Trinajstić information content (AvgIpc) is 3.31. The number of aliphatic hydroxyl groups excluding tert-OH is 1. The minimum Gasteiger partial charge on any atom is -0.491 e. The van der Waals surface area contributed by atoms with Gasteiger partial charge in [-0.3, -0.25) is 14.6 Å². The predicted octanol–water partition coefficient (Wildman–Crippen LogP) is 4.22. The number of halogens is 2. The van der Waals surface area contributed by atoms with Gasteiger partial charge in [0.15, 0.2) is 0 Å². The quantitative estimate of drug-likeness (QED) is 0.341. The molecule has 7 nitrogen and oxygen atoms in total. The first-order chi connectivity index (χ1) is 19.2. The van der Waals surface area contributed by atoms with Gasteiger partial charge in [-0.1, -0.05) is 19.9 Å². The maximum atomic E-state index is 14.0. The molecule has 1 fully saturated rings. The molecule has 0 saturated carbocycles. The van der Waals surface area contributed by atoms with Gasteiger partial charge < -0.3 is 9.84 Å². The lowest BCUT2D eigenvalue weighted by Gasteiger charge is -2.35. The van der Waals surface area contributed by atoms with Gasteiger partial charge in [-0.2, -0.15) is 5.10 Å². The van der Waals surface area contributed by atoms with Gasteiger partial charge in [-0.25, -0.2) is 13.5 Å². The molecular weight excluding hydrogens is 514 g/mol. The van der Waals surface area contributed by atoms with Crippen LogP contribution in [-0.2, 0) is 17.6 Å². The Morgan fingerprint density at radius 1 is 1.00 bits per heavy atom. The molecule has 4 rings (SSSR count). The molecule has 9 heteroatoms. The van der Waals surface area contributed by atoms with Crippen molar-refractivity contribution in [2.24, 2.45) is 5.92 Å². The number of piperazine rings is 1. The van der Waals surface area contributed by atoms with Crippen molar-refractivity contribution in [2.45, 2.75) is 46.1 Å². The minimum absolute atomic E-state index is 0.137. The lowest BCUT2D eigenvalue weighted by Crippen LogP contribution is -2.50. The smallest absolute Gasteiger partial charge is 0.147 e. The van der Waals surface area contributed by atoms with Gasteiger partial charge in [0.25, 0.3) is 0 Å². The molecule has 1 aliphatic heterocycles. The summed E-state index contributed by atoms with van der Waals surface area (Å²) in [5, 5.41) is 15.1. The van der Waals surface area contributed by atoms with E-state index >= 15 is 0 Å². The first-order valence-corrected chi connectivity index (χ1v) is 14.0. The lowest BCUT2D eigenvalue weighted by molar-refractivity contribution is -0.120. The number of Topliss-reactive ketones (excluding diaryl/α,β-unsaturated/α-hetero) is 1. The number of aliphatic hydroxyl groups is 1. The Hall–Kier alpha value is -3.14. The molecule has 1 N–H and O–H groups in total. The third kappa shape index (κ3) is 8.68. The Morgan fingerprint density at radius 2 is 1.68 bits per heavy atom.